The summed E-state index contributed by atoms with van der Waals surface area (Å²) < 4.78 is 3.71. The van der Waals surface area contributed by atoms with Crippen LogP contribution in [0.5, 0.6) is 0 Å². The van der Waals surface area contributed by atoms with E-state index in [1.807, 2.05) is 42.1 Å². The molecule has 3 N–H and O–H groups in total. The first-order valence-corrected chi connectivity index (χ1v) is 6.01. The van der Waals surface area contributed by atoms with Gasteiger partial charge in [0, 0.05) is 18.9 Å². The fourth-order valence-electron chi connectivity index (χ4n) is 2.20. The zero-order valence-electron chi connectivity index (χ0n) is 10.6. The third-order valence-corrected chi connectivity index (χ3v) is 3.08. The number of fused-ring (bicyclic) bond motifs is 1. The lowest BCUT2D eigenvalue weighted by molar-refractivity contribution is 0.267. The number of nitrogen functional groups attached to an aromatic ring is 1. The fourth-order valence-corrected chi connectivity index (χ4v) is 2.20. The number of hydrogen-bond donors (Lipinski definition) is 2. The second kappa shape index (κ2) is 4.40. The van der Waals surface area contributed by atoms with Gasteiger partial charge in [-0.1, -0.05) is 0 Å². The Balaban J connectivity index is 2.10. The number of benzene rings is 1. The number of aryl methyl sites for hydroxylation is 1. The molecule has 0 bridgehead atoms. The molecule has 0 unspecified atom stereocenters. The molecule has 0 saturated heterocycles. The molecule has 0 fully saturated rings. The van der Waals surface area contributed by atoms with E-state index in [0.29, 0.717) is 18.1 Å². The van der Waals surface area contributed by atoms with E-state index in [4.69, 9.17) is 5.73 Å². The van der Waals surface area contributed by atoms with Crippen LogP contribution in [0.15, 0.2) is 30.5 Å². The van der Waals surface area contributed by atoms with E-state index in [9.17, 15) is 5.11 Å². The van der Waals surface area contributed by atoms with Crippen LogP contribution in [0.1, 0.15) is 11.5 Å². The van der Waals surface area contributed by atoms with Gasteiger partial charge in [0.1, 0.15) is 12.4 Å². The monoisotopic (exact) mass is 257 g/mol. The lowest BCUT2D eigenvalue weighted by Gasteiger charge is -2.05. The Morgan fingerprint density at radius 2 is 2.16 bits per heavy atom. The van der Waals surface area contributed by atoms with Gasteiger partial charge in [0.25, 0.3) is 0 Å². The van der Waals surface area contributed by atoms with Gasteiger partial charge in [0.2, 0.25) is 0 Å². The third kappa shape index (κ3) is 2.06. The van der Waals surface area contributed by atoms with Crippen molar-refractivity contribution in [2.75, 3.05) is 5.73 Å². The number of aromatic nitrogens is 4. The molecular formula is C13H15N5O. The molecule has 1 aromatic carbocycles. The fraction of sp³-hybridized carbons (Fsp3) is 0.231. The summed E-state index contributed by atoms with van der Waals surface area (Å²) in [5.41, 5.74) is 9.08. The van der Waals surface area contributed by atoms with E-state index < -0.39 is 0 Å². The van der Waals surface area contributed by atoms with Crippen LogP contribution in [0.4, 0.5) is 5.69 Å². The molecule has 6 nitrogen and oxygen atoms in total. The van der Waals surface area contributed by atoms with E-state index in [0.717, 1.165) is 16.7 Å². The smallest absolute Gasteiger partial charge is 0.136 e. The highest BCUT2D eigenvalue weighted by molar-refractivity contribution is 5.79. The Hall–Kier alpha value is -2.34. The maximum Gasteiger partial charge on any atom is 0.136 e. The molecule has 0 radical (unpaired) electrons. The van der Waals surface area contributed by atoms with Crippen LogP contribution in [0.25, 0.3) is 11.0 Å². The summed E-state index contributed by atoms with van der Waals surface area (Å²) in [5.74, 6) is 0.617. The highest BCUT2D eigenvalue weighted by atomic mass is 16.3. The molecule has 0 aliphatic carbocycles. The molecule has 0 aliphatic rings. The average Bonchev–Trinajstić information content (AvgIpc) is 2.94. The normalized spacial score (nSPS) is 11.3. The summed E-state index contributed by atoms with van der Waals surface area (Å²) in [6.07, 6.45) is 1.89. The van der Waals surface area contributed by atoms with Crippen LogP contribution in [-0.2, 0) is 20.2 Å². The predicted molar refractivity (Wildman–Crippen MR) is 72.4 cm³/mol. The number of anilines is 1. The van der Waals surface area contributed by atoms with Crippen LogP contribution in [0.3, 0.4) is 0 Å². The Morgan fingerprint density at radius 1 is 1.32 bits per heavy atom. The Morgan fingerprint density at radius 3 is 2.84 bits per heavy atom. The predicted octanol–water partition coefficient (Wildman–Crippen LogP) is 0.893. The van der Waals surface area contributed by atoms with Crippen molar-refractivity contribution >= 4 is 16.7 Å². The van der Waals surface area contributed by atoms with E-state index >= 15 is 0 Å². The van der Waals surface area contributed by atoms with E-state index in [-0.39, 0.29) is 6.61 Å². The quantitative estimate of drug-likeness (QED) is 0.683. The lowest BCUT2D eigenvalue weighted by Crippen LogP contribution is -2.06. The summed E-state index contributed by atoms with van der Waals surface area (Å²) in [7, 11) is 1.88. The van der Waals surface area contributed by atoms with E-state index in [1.54, 1.807) is 4.68 Å². The van der Waals surface area contributed by atoms with E-state index in [2.05, 4.69) is 10.1 Å². The van der Waals surface area contributed by atoms with Gasteiger partial charge < -0.3 is 15.4 Å². The zero-order chi connectivity index (χ0) is 13.4. The van der Waals surface area contributed by atoms with Crippen molar-refractivity contribution in [2.45, 2.75) is 13.2 Å². The van der Waals surface area contributed by atoms with Crippen molar-refractivity contribution in [1.29, 1.82) is 0 Å². The van der Waals surface area contributed by atoms with Gasteiger partial charge >= 0.3 is 0 Å². The van der Waals surface area contributed by atoms with Crippen molar-refractivity contribution in [3.63, 3.8) is 0 Å². The van der Waals surface area contributed by atoms with Crippen molar-refractivity contribution in [2.24, 2.45) is 7.05 Å². The van der Waals surface area contributed by atoms with Crippen LogP contribution in [-0.4, -0.2) is 24.4 Å². The molecular weight excluding hydrogens is 242 g/mol. The molecule has 98 valence electrons. The highest BCUT2D eigenvalue weighted by Gasteiger charge is 2.11. The molecule has 0 spiro atoms. The van der Waals surface area contributed by atoms with Crippen molar-refractivity contribution < 1.29 is 5.11 Å². The second-order valence-electron chi connectivity index (χ2n) is 4.50. The summed E-state index contributed by atoms with van der Waals surface area (Å²) in [6.45, 7) is 0.471. The van der Waals surface area contributed by atoms with Gasteiger partial charge in [-0.3, -0.25) is 4.68 Å². The van der Waals surface area contributed by atoms with Crippen LogP contribution in [0.2, 0.25) is 0 Å². The molecule has 19 heavy (non-hydrogen) atoms. The maximum atomic E-state index is 9.43. The largest absolute Gasteiger partial charge is 0.399 e. The average molecular weight is 257 g/mol. The lowest BCUT2D eigenvalue weighted by atomic mass is 10.3. The summed E-state index contributed by atoms with van der Waals surface area (Å²) in [4.78, 5) is 4.39. The molecule has 3 rings (SSSR count). The molecule has 0 atom stereocenters. The van der Waals surface area contributed by atoms with Gasteiger partial charge in [-0.15, -0.1) is 0 Å². The number of rotatable bonds is 3. The molecule has 0 saturated carbocycles. The van der Waals surface area contributed by atoms with Crippen LogP contribution in [0, 0.1) is 0 Å². The summed E-state index contributed by atoms with van der Waals surface area (Å²) in [5, 5.41) is 13.8. The maximum absolute atomic E-state index is 9.43. The summed E-state index contributed by atoms with van der Waals surface area (Å²) >= 11 is 0. The minimum atomic E-state index is -0.110. The van der Waals surface area contributed by atoms with Crippen LogP contribution >= 0.6 is 0 Å². The number of hydrogen-bond acceptors (Lipinski definition) is 4. The molecule has 2 heterocycles. The van der Waals surface area contributed by atoms with E-state index in [1.165, 1.54) is 0 Å². The van der Waals surface area contributed by atoms with Crippen molar-refractivity contribution in [3.8, 4) is 0 Å². The van der Waals surface area contributed by atoms with Crippen molar-refractivity contribution in [3.05, 3.63) is 42.0 Å². The van der Waals surface area contributed by atoms with Crippen LogP contribution < -0.4 is 5.73 Å². The van der Waals surface area contributed by atoms with Crippen molar-refractivity contribution in [1.82, 2.24) is 19.3 Å². The number of nitrogens with two attached hydrogens (primary N) is 1. The highest BCUT2D eigenvalue weighted by Crippen LogP contribution is 2.20. The summed E-state index contributed by atoms with van der Waals surface area (Å²) in [6, 6.07) is 7.51. The minimum Gasteiger partial charge on any atom is -0.399 e. The Kier molecular flexibility index (Phi) is 2.72. The van der Waals surface area contributed by atoms with Gasteiger partial charge in [-0.25, -0.2) is 4.98 Å². The zero-order valence-corrected chi connectivity index (χ0v) is 10.6. The number of imidazole rings is 1. The SMILES string of the molecule is Cn1ccc(Cn2c(CO)nc3cc(N)ccc32)n1. The van der Waals surface area contributed by atoms with Gasteiger partial charge in [-0.05, 0) is 24.3 Å². The number of aliphatic hydroxyl groups is 1. The minimum absolute atomic E-state index is 0.110. The second-order valence-corrected chi connectivity index (χ2v) is 4.50. The van der Waals surface area contributed by atoms with Gasteiger partial charge in [-0.2, -0.15) is 5.10 Å². The Bertz CT molecular complexity index is 728. The van der Waals surface area contributed by atoms with Gasteiger partial charge in [0.05, 0.1) is 23.3 Å². The molecule has 2 aromatic heterocycles. The Labute approximate surface area is 110 Å². The van der Waals surface area contributed by atoms with Gasteiger partial charge in [0.15, 0.2) is 0 Å². The topological polar surface area (TPSA) is 81.9 Å². The molecule has 0 amide bonds. The first kappa shape index (κ1) is 11.7. The number of aliphatic hydroxyl groups excluding tert-OH is 1. The first-order valence-electron chi connectivity index (χ1n) is 6.01. The molecule has 3 aromatic rings. The first-order chi connectivity index (χ1) is 9.17. The molecule has 0 aliphatic heterocycles. The third-order valence-electron chi connectivity index (χ3n) is 3.08. The standard InChI is InChI=1S/C13H15N5O/c1-17-5-4-10(16-17)7-18-12-3-2-9(14)6-11(12)15-13(18)8-19/h2-6,19H,7-8,14H2,1H3. The number of nitrogens with zero attached hydrogens (tertiary/aromatic N) is 4. The molecule has 6 heteroatoms.